The van der Waals surface area contributed by atoms with E-state index in [1.807, 2.05) is 13.0 Å². The number of anilines is 1. The normalized spacial score (nSPS) is 11.5. The molecule has 0 radical (unpaired) electrons. The van der Waals surface area contributed by atoms with E-state index in [-0.39, 0.29) is 0 Å². The maximum absolute atomic E-state index is 5.66. The largest absolute Gasteiger partial charge is 0.424 e. The molecule has 128 valence electrons. The van der Waals surface area contributed by atoms with Gasteiger partial charge in [0.15, 0.2) is 5.58 Å². The molecule has 0 bridgehead atoms. The number of aromatic nitrogens is 3. The summed E-state index contributed by atoms with van der Waals surface area (Å²) in [5.74, 6) is 0. The lowest BCUT2D eigenvalue weighted by molar-refractivity contribution is 0.616. The second-order valence-electron chi connectivity index (χ2n) is 6.43. The third kappa shape index (κ3) is 2.97. The summed E-state index contributed by atoms with van der Waals surface area (Å²) in [5, 5.41) is 3.11. The zero-order chi connectivity index (χ0) is 17.4. The van der Waals surface area contributed by atoms with Gasteiger partial charge in [0, 0.05) is 18.4 Å². The van der Waals surface area contributed by atoms with Gasteiger partial charge in [-0.1, -0.05) is 6.07 Å². The third-order valence-electron chi connectivity index (χ3n) is 4.55. The van der Waals surface area contributed by atoms with Gasteiger partial charge in [-0.15, -0.1) is 0 Å². The van der Waals surface area contributed by atoms with Crippen LogP contribution in [0.3, 0.4) is 0 Å². The van der Waals surface area contributed by atoms with E-state index in [1.165, 1.54) is 16.8 Å². The van der Waals surface area contributed by atoms with Crippen LogP contribution in [0.5, 0.6) is 0 Å². The minimum atomic E-state index is 0.584. The molecule has 3 aromatic heterocycles. The van der Waals surface area contributed by atoms with Gasteiger partial charge in [-0.3, -0.25) is 0 Å². The number of nitrogens with zero attached hydrogens (tertiary/aromatic N) is 3. The van der Waals surface area contributed by atoms with Gasteiger partial charge >= 0.3 is 0 Å². The number of benzene rings is 1. The number of nitrogens with one attached hydrogen (secondary N) is 1. The number of imidazole rings is 1. The SMILES string of the molecule is CCNc1nc2cc(CCc3nc4cc(C)ccn4c3C)ccc2o1. The lowest BCUT2D eigenvalue weighted by Gasteiger charge is -2.01. The lowest BCUT2D eigenvalue weighted by atomic mass is 10.1. The molecule has 0 saturated carbocycles. The van der Waals surface area contributed by atoms with Crippen molar-refractivity contribution in [2.75, 3.05) is 11.9 Å². The fourth-order valence-corrected chi connectivity index (χ4v) is 3.17. The molecular weight excluding hydrogens is 312 g/mol. The van der Waals surface area contributed by atoms with E-state index in [9.17, 15) is 0 Å². The monoisotopic (exact) mass is 334 g/mol. The van der Waals surface area contributed by atoms with Crippen LogP contribution in [0.15, 0.2) is 40.9 Å². The van der Waals surface area contributed by atoms with Crippen molar-refractivity contribution >= 4 is 22.8 Å². The molecule has 0 aliphatic rings. The molecular formula is C20H22N4O. The number of hydrogen-bond acceptors (Lipinski definition) is 4. The first-order valence-electron chi connectivity index (χ1n) is 8.71. The molecule has 1 aromatic carbocycles. The number of hydrogen-bond donors (Lipinski definition) is 1. The zero-order valence-corrected chi connectivity index (χ0v) is 14.8. The molecule has 5 nitrogen and oxygen atoms in total. The Hall–Kier alpha value is -2.82. The summed E-state index contributed by atoms with van der Waals surface area (Å²) in [4.78, 5) is 9.28. The molecule has 3 heterocycles. The number of aryl methyl sites for hydroxylation is 4. The fraction of sp³-hybridized carbons (Fsp3) is 0.300. The third-order valence-corrected chi connectivity index (χ3v) is 4.55. The molecule has 0 saturated heterocycles. The first-order valence-corrected chi connectivity index (χ1v) is 8.71. The first-order chi connectivity index (χ1) is 12.1. The van der Waals surface area contributed by atoms with Crippen LogP contribution in [0.4, 0.5) is 6.01 Å². The van der Waals surface area contributed by atoms with Crippen LogP contribution in [0.2, 0.25) is 0 Å². The summed E-state index contributed by atoms with van der Waals surface area (Å²) in [7, 11) is 0. The van der Waals surface area contributed by atoms with Crippen LogP contribution in [-0.4, -0.2) is 20.9 Å². The standard InChI is InChI=1S/C20H22N4O/c1-4-21-20-23-17-12-15(6-8-18(17)25-20)5-7-16-14(3)24-10-9-13(2)11-19(24)22-16/h6,8-12H,4-5,7H2,1-3H3,(H,21,23). The van der Waals surface area contributed by atoms with Gasteiger partial charge in [0.1, 0.15) is 11.2 Å². The molecule has 1 N–H and O–H groups in total. The molecule has 0 aliphatic heterocycles. The minimum absolute atomic E-state index is 0.584. The van der Waals surface area contributed by atoms with E-state index in [0.29, 0.717) is 6.01 Å². The van der Waals surface area contributed by atoms with Crippen molar-refractivity contribution < 1.29 is 4.42 Å². The van der Waals surface area contributed by atoms with Gasteiger partial charge in [0.25, 0.3) is 6.01 Å². The Labute approximate surface area is 146 Å². The van der Waals surface area contributed by atoms with Crippen LogP contribution in [0, 0.1) is 13.8 Å². The zero-order valence-electron chi connectivity index (χ0n) is 14.8. The molecule has 25 heavy (non-hydrogen) atoms. The van der Waals surface area contributed by atoms with Gasteiger partial charge in [-0.05, 0) is 69.0 Å². The van der Waals surface area contributed by atoms with Gasteiger partial charge in [0.2, 0.25) is 0 Å². The summed E-state index contributed by atoms with van der Waals surface area (Å²) in [6.45, 7) is 7.05. The average Bonchev–Trinajstić information content (AvgIpc) is 3.13. The number of pyridine rings is 1. The van der Waals surface area contributed by atoms with Crippen molar-refractivity contribution in [3.8, 4) is 0 Å². The molecule has 5 heteroatoms. The van der Waals surface area contributed by atoms with Crippen molar-refractivity contribution in [3.05, 3.63) is 59.0 Å². The van der Waals surface area contributed by atoms with Crippen molar-refractivity contribution in [1.29, 1.82) is 0 Å². The highest BCUT2D eigenvalue weighted by Crippen LogP contribution is 2.21. The van der Waals surface area contributed by atoms with E-state index in [0.717, 1.165) is 41.8 Å². The Balaban J connectivity index is 1.56. The summed E-state index contributed by atoms with van der Waals surface area (Å²) in [5.41, 5.74) is 7.59. The Bertz CT molecular complexity index is 1040. The predicted octanol–water partition coefficient (Wildman–Crippen LogP) is 4.31. The van der Waals surface area contributed by atoms with Crippen LogP contribution in [0.25, 0.3) is 16.7 Å². The fourth-order valence-electron chi connectivity index (χ4n) is 3.17. The van der Waals surface area contributed by atoms with Crippen LogP contribution in [0.1, 0.15) is 29.4 Å². The maximum atomic E-state index is 5.66. The van der Waals surface area contributed by atoms with Crippen molar-refractivity contribution in [1.82, 2.24) is 14.4 Å². The smallest absolute Gasteiger partial charge is 0.295 e. The number of fused-ring (bicyclic) bond motifs is 2. The Morgan fingerprint density at radius 1 is 1.08 bits per heavy atom. The van der Waals surface area contributed by atoms with Crippen molar-refractivity contribution in [3.63, 3.8) is 0 Å². The summed E-state index contributed by atoms with van der Waals surface area (Å²) < 4.78 is 7.82. The van der Waals surface area contributed by atoms with E-state index < -0.39 is 0 Å². The molecule has 4 aromatic rings. The maximum Gasteiger partial charge on any atom is 0.295 e. The quantitative estimate of drug-likeness (QED) is 0.591. The number of rotatable bonds is 5. The Morgan fingerprint density at radius 2 is 1.96 bits per heavy atom. The van der Waals surface area contributed by atoms with E-state index in [1.54, 1.807) is 0 Å². The molecule has 0 fully saturated rings. The van der Waals surface area contributed by atoms with Gasteiger partial charge in [-0.2, -0.15) is 4.98 Å². The molecule has 4 rings (SSSR count). The van der Waals surface area contributed by atoms with Gasteiger partial charge in [-0.25, -0.2) is 4.98 Å². The van der Waals surface area contributed by atoms with E-state index >= 15 is 0 Å². The topological polar surface area (TPSA) is 55.4 Å². The highest BCUT2D eigenvalue weighted by molar-refractivity contribution is 5.75. The Kier molecular flexibility index (Phi) is 3.92. The van der Waals surface area contributed by atoms with Gasteiger partial charge < -0.3 is 14.1 Å². The van der Waals surface area contributed by atoms with Crippen LogP contribution >= 0.6 is 0 Å². The molecule has 0 amide bonds. The molecule has 0 spiro atoms. The summed E-state index contributed by atoms with van der Waals surface area (Å²) in [6.07, 6.45) is 3.94. The summed E-state index contributed by atoms with van der Waals surface area (Å²) >= 11 is 0. The van der Waals surface area contributed by atoms with Crippen LogP contribution in [-0.2, 0) is 12.8 Å². The second kappa shape index (κ2) is 6.24. The predicted molar refractivity (Wildman–Crippen MR) is 100 cm³/mol. The molecule has 0 aliphatic carbocycles. The average molecular weight is 334 g/mol. The lowest BCUT2D eigenvalue weighted by Crippen LogP contribution is -1.95. The molecule has 0 atom stereocenters. The van der Waals surface area contributed by atoms with E-state index in [2.05, 4.69) is 59.0 Å². The summed E-state index contributed by atoms with van der Waals surface area (Å²) in [6, 6.07) is 11.0. The van der Waals surface area contributed by atoms with Crippen molar-refractivity contribution in [2.24, 2.45) is 0 Å². The van der Waals surface area contributed by atoms with Crippen LogP contribution < -0.4 is 5.32 Å². The highest BCUT2D eigenvalue weighted by atomic mass is 16.4. The second-order valence-corrected chi connectivity index (χ2v) is 6.43. The Morgan fingerprint density at radius 3 is 2.80 bits per heavy atom. The highest BCUT2D eigenvalue weighted by Gasteiger charge is 2.10. The van der Waals surface area contributed by atoms with Gasteiger partial charge in [0.05, 0.1) is 5.69 Å². The van der Waals surface area contributed by atoms with Crippen molar-refractivity contribution in [2.45, 2.75) is 33.6 Å². The number of oxazole rings is 1. The first kappa shape index (κ1) is 15.7. The van der Waals surface area contributed by atoms with E-state index in [4.69, 9.17) is 9.40 Å². The molecule has 0 unspecified atom stereocenters. The minimum Gasteiger partial charge on any atom is -0.424 e.